The normalized spacial score (nSPS) is 22.1. The quantitative estimate of drug-likeness (QED) is 0.651. The van der Waals surface area contributed by atoms with Crippen molar-refractivity contribution in [1.29, 1.82) is 0 Å². The van der Waals surface area contributed by atoms with Gasteiger partial charge in [-0.1, -0.05) is 78.9 Å². The Morgan fingerprint density at radius 1 is 0.839 bits per heavy atom. The standard InChI is InChI=1S/C25H24N2O4/c28-24(26-21-14-8-3-9-15-21)31-18-25-16-29-22(19-10-4-1-5-11-19)27(25)23(30-17-25)20-12-6-2-7-13-20/h1-15,22-23H,16-18H2,(H,26,28)/t22-,23-/m1/s1. The molecule has 3 aromatic rings. The van der Waals surface area contributed by atoms with Crippen LogP contribution >= 0.6 is 0 Å². The molecule has 0 saturated carbocycles. The summed E-state index contributed by atoms with van der Waals surface area (Å²) in [7, 11) is 0. The third kappa shape index (κ3) is 3.93. The lowest BCUT2D eigenvalue weighted by atomic mass is 10.0. The van der Waals surface area contributed by atoms with Crippen LogP contribution in [0.2, 0.25) is 0 Å². The molecule has 5 rings (SSSR count). The first-order valence-corrected chi connectivity index (χ1v) is 10.4. The first-order chi connectivity index (χ1) is 15.3. The second-order valence-corrected chi connectivity index (χ2v) is 7.85. The molecule has 0 radical (unpaired) electrons. The molecule has 1 N–H and O–H groups in total. The number of nitrogens with one attached hydrogen (secondary N) is 1. The molecule has 6 nitrogen and oxygen atoms in total. The monoisotopic (exact) mass is 416 g/mol. The summed E-state index contributed by atoms with van der Waals surface area (Å²) in [4.78, 5) is 14.6. The van der Waals surface area contributed by atoms with Gasteiger partial charge >= 0.3 is 6.09 Å². The van der Waals surface area contributed by atoms with Crippen LogP contribution in [0.15, 0.2) is 91.0 Å². The van der Waals surface area contributed by atoms with E-state index >= 15 is 0 Å². The number of amides is 1. The summed E-state index contributed by atoms with van der Waals surface area (Å²) in [6, 6.07) is 29.4. The second kappa shape index (κ2) is 8.51. The molecule has 6 heteroatoms. The van der Waals surface area contributed by atoms with Crippen LogP contribution < -0.4 is 5.32 Å². The van der Waals surface area contributed by atoms with Crippen molar-refractivity contribution in [2.45, 2.75) is 18.0 Å². The number of nitrogens with zero attached hydrogens (tertiary/aromatic N) is 1. The largest absolute Gasteiger partial charge is 0.447 e. The Bertz CT molecular complexity index is 962. The molecule has 0 aromatic heterocycles. The average Bonchev–Trinajstić information content (AvgIpc) is 3.37. The number of anilines is 1. The number of ether oxygens (including phenoxy) is 3. The first kappa shape index (κ1) is 19.8. The van der Waals surface area contributed by atoms with E-state index in [1.807, 2.05) is 91.0 Å². The van der Waals surface area contributed by atoms with Gasteiger partial charge in [-0.15, -0.1) is 0 Å². The van der Waals surface area contributed by atoms with Gasteiger partial charge in [0.1, 0.15) is 24.6 Å². The van der Waals surface area contributed by atoms with E-state index in [-0.39, 0.29) is 19.1 Å². The second-order valence-electron chi connectivity index (χ2n) is 7.85. The van der Waals surface area contributed by atoms with E-state index in [0.717, 1.165) is 11.1 Å². The first-order valence-electron chi connectivity index (χ1n) is 10.4. The van der Waals surface area contributed by atoms with Gasteiger partial charge in [0, 0.05) is 5.69 Å². The lowest BCUT2D eigenvalue weighted by Crippen LogP contribution is -2.49. The van der Waals surface area contributed by atoms with Crippen molar-refractivity contribution in [3.63, 3.8) is 0 Å². The molecule has 0 aliphatic carbocycles. The fourth-order valence-corrected chi connectivity index (χ4v) is 4.22. The van der Waals surface area contributed by atoms with E-state index in [0.29, 0.717) is 18.9 Å². The Morgan fingerprint density at radius 3 is 1.84 bits per heavy atom. The summed E-state index contributed by atoms with van der Waals surface area (Å²) in [6.07, 6.45) is -1.06. The van der Waals surface area contributed by atoms with Crippen molar-refractivity contribution >= 4 is 11.8 Å². The predicted octanol–water partition coefficient (Wildman–Crippen LogP) is 4.73. The zero-order chi connectivity index (χ0) is 21.1. The van der Waals surface area contributed by atoms with Crippen molar-refractivity contribution in [3.8, 4) is 0 Å². The van der Waals surface area contributed by atoms with E-state index in [4.69, 9.17) is 14.2 Å². The van der Waals surface area contributed by atoms with Crippen LogP contribution in [-0.4, -0.2) is 36.4 Å². The molecule has 158 valence electrons. The summed E-state index contributed by atoms with van der Waals surface area (Å²) in [5.41, 5.74) is 2.22. The van der Waals surface area contributed by atoms with E-state index in [9.17, 15) is 4.79 Å². The number of hydrogen-bond acceptors (Lipinski definition) is 5. The van der Waals surface area contributed by atoms with Gasteiger partial charge < -0.3 is 14.2 Å². The maximum Gasteiger partial charge on any atom is 0.411 e. The molecular formula is C25H24N2O4. The molecule has 0 bridgehead atoms. The van der Waals surface area contributed by atoms with E-state index in [1.54, 1.807) is 0 Å². The lowest BCUT2D eigenvalue weighted by molar-refractivity contribution is -0.0631. The van der Waals surface area contributed by atoms with Crippen molar-refractivity contribution in [1.82, 2.24) is 4.90 Å². The van der Waals surface area contributed by atoms with Gasteiger partial charge in [-0.25, -0.2) is 9.69 Å². The van der Waals surface area contributed by atoms with Gasteiger partial charge in [0.05, 0.1) is 13.2 Å². The van der Waals surface area contributed by atoms with Crippen LogP contribution in [0.3, 0.4) is 0 Å². The number of fused-ring (bicyclic) bond motifs is 1. The molecular weight excluding hydrogens is 392 g/mol. The van der Waals surface area contributed by atoms with Crippen molar-refractivity contribution in [2.75, 3.05) is 25.1 Å². The molecule has 31 heavy (non-hydrogen) atoms. The van der Waals surface area contributed by atoms with Crippen LogP contribution in [0.25, 0.3) is 0 Å². The molecule has 1 amide bonds. The maximum absolute atomic E-state index is 12.4. The highest BCUT2D eigenvalue weighted by atomic mass is 16.6. The number of rotatable bonds is 5. The van der Waals surface area contributed by atoms with Crippen molar-refractivity contribution in [3.05, 3.63) is 102 Å². The number of carbonyl (C=O) groups excluding carboxylic acids is 1. The number of para-hydroxylation sites is 1. The van der Waals surface area contributed by atoms with Gasteiger partial charge in [0.2, 0.25) is 0 Å². The minimum atomic E-state index is -0.560. The molecule has 2 heterocycles. The minimum absolute atomic E-state index is 0.165. The number of hydrogen-bond donors (Lipinski definition) is 1. The Kier molecular flexibility index (Phi) is 5.42. The van der Waals surface area contributed by atoms with Gasteiger partial charge in [0.25, 0.3) is 0 Å². The predicted molar refractivity (Wildman–Crippen MR) is 116 cm³/mol. The number of carbonyl (C=O) groups is 1. The molecule has 2 fully saturated rings. The SMILES string of the molecule is O=C(Nc1ccccc1)OCC12CO[C@H](c3ccccc3)N1[C@@H](c1ccccc1)OC2. The molecule has 2 atom stereocenters. The van der Waals surface area contributed by atoms with Crippen LogP contribution in [0.1, 0.15) is 23.6 Å². The molecule has 3 aromatic carbocycles. The fourth-order valence-electron chi connectivity index (χ4n) is 4.22. The molecule has 2 aliphatic rings. The van der Waals surface area contributed by atoms with Crippen LogP contribution in [-0.2, 0) is 14.2 Å². The fraction of sp³-hybridized carbons (Fsp3) is 0.240. The lowest BCUT2D eigenvalue weighted by Gasteiger charge is -2.33. The molecule has 0 spiro atoms. The van der Waals surface area contributed by atoms with Crippen LogP contribution in [0.4, 0.5) is 10.5 Å². The van der Waals surface area contributed by atoms with Crippen molar-refractivity contribution in [2.24, 2.45) is 0 Å². The van der Waals surface area contributed by atoms with Gasteiger partial charge in [-0.2, -0.15) is 0 Å². The smallest absolute Gasteiger partial charge is 0.411 e. The van der Waals surface area contributed by atoms with E-state index in [2.05, 4.69) is 10.2 Å². The van der Waals surface area contributed by atoms with Crippen molar-refractivity contribution < 1.29 is 19.0 Å². The minimum Gasteiger partial charge on any atom is -0.447 e. The zero-order valence-corrected chi connectivity index (χ0v) is 17.0. The van der Waals surface area contributed by atoms with E-state index in [1.165, 1.54) is 0 Å². The summed E-state index contributed by atoms with van der Waals surface area (Å²) in [5, 5.41) is 2.77. The highest BCUT2D eigenvalue weighted by molar-refractivity contribution is 5.84. The van der Waals surface area contributed by atoms with Crippen LogP contribution in [0, 0.1) is 0 Å². The molecule has 2 saturated heterocycles. The third-order valence-electron chi connectivity index (χ3n) is 5.73. The summed E-state index contributed by atoms with van der Waals surface area (Å²) in [5.74, 6) is 0. The highest BCUT2D eigenvalue weighted by Gasteiger charge is 2.57. The Balaban J connectivity index is 1.38. The summed E-state index contributed by atoms with van der Waals surface area (Å²) < 4.78 is 18.1. The highest BCUT2D eigenvalue weighted by Crippen LogP contribution is 2.49. The Hall–Kier alpha value is -3.19. The van der Waals surface area contributed by atoms with Gasteiger partial charge in [0.15, 0.2) is 0 Å². The third-order valence-corrected chi connectivity index (χ3v) is 5.73. The van der Waals surface area contributed by atoms with Gasteiger partial charge in [-0.3, -0.25) is 5.32 Å². The number of benzene rings is 3. The summed E-state index contributed by atoms with van der Waals surface area (Å²) in [6.45, 7) is 0.987. The maximum atomic E-state index is 12.4. The average molecular weight is 416 g/mol. The Morgan fingerprint density at radius 2 is 1.32 bits per heavy atom. The van der Waals surface area contributed by atoms with Crippen LogP contribution in [0.5, 0.6) is 0 Å². The Labute approximate surface area is 181 Å². The molecule has 0 unspecified atom stereocenters. The van der Waals surface area contributed by atoms with E-state index < -0.39 is 11.6 Å². The molecule has 2 aliphatic heterocycles. The zero-order valence-electron chi connectivity index (χ0n) is 17.0. The summed E-state index contributed by atoms with van der Waals surface area (Å²) >= 11 is 0. The topological polar surface area (TPSA) is 60.0 Å². The van der Waals surface area contributed by atoms with Gasteiger partial charge in [-0.05, 0) is 23.3 Å².